The van der Waals surface area contributed by atoms with Crippen molar-refractivity contribution in [1.29, 1.82) is 0 Å². The van der Waals surface area contributed by atoms with E-state index >= 15 is 0 Å². The molecule has 0 bridgehead atoms. The Morgan fingerprint density at radius 2 is 1.95 bits per heavy atom. The van der Waals surface area contributed by atoms with Gasteiger partial charge >= 0.3 is 0 Å². The van der Waals surface area contributed by atoms with Gasteiger partial charge in [0.15, 0.2) is 0 Å². The summed E-state index contributed by atoms with van der Waals surface area (Å²) in [6, 6.07) is 1.38. The first-order chi connectivity index (χ1) is 9.41. The predicted octanol–water partition coefficient (Wildman–Crippen LogP) is 3.64. The van der Waals surface area contributed by atoms with Gasteiger partial charge in [-0.3, -0.25) is 4.79 Å². The minimum absolute atomic E-state index is 0.191. The van der Waals surface area contributed by atoms with Gasteiger partial charge in [0.25, 0.3) is 0 Å². The van der Waals surface area contributed by atoms with Crippen molar-refractivity contribution < 1.29 is 4.79 Å². The molecular formula is C15H24ClN3O. The highest BCUT2D eigenvalue weighted by molar-refractivity contribution is 6.33. The van der Waals surface area contributed by atoms with Crippen LogP contribution in [-0.2, 0) is 0 Å². The molecule has 0 spiro atoms. The molecule has 0 atom stereocenters. The first-order valence-corrected chi connectivity index (χ1v) is 7.50. The molecule has 1 aromatic heterocycles. The Hall–Kier alpha value is -1.29. The molecule has 4 nitrogen and oxygen atoms in total. The second-order valence-corrected chi connectivity index (χ2v) is 6.00. The number of hydrogen-bond acceptors (Lipinski definition) is 3. The minimum Gasteiger partial charge on any atom is -0.382 e. The van der Waals surface area contributed by atoms with Crippen LogP contribution in [0.25, 0.3) is 0 Å². The number of aromatic nitrogens is 1. The first kappa shape index (κ1) is 16.8. The second-order valence-electron chi connectivity index (χ2n) is 5.60. The molecule has 112 valence electrons. The average Bonchev–Trinajstić information content (AvgIpc) is 2.43. The van der Waals surface area contributed by atoms with Crippen molar-refractivity contribution in [2.24, 2.45) is 17.6 Å². The van der Waals surface area contributed by atoms with Crippen LogP contribution >= 0.6 is 11.6 Å². The molecule has 0 radical (unpaired) electrons. The molecule has 1 aromatic rings. The lowest BCUT2D eigenvalue weighted by Crippen LogP contribution is -2.12. The molecule has 4 N–H and O–H groups in total. The highest BCUT2D eigenvalue weighted by atomic mass is 35.5. The van der Waals surface area contributed by atoms with E-state index in [9.17, 15) is 4.79 Å². The SMILES string of the molecule is CC(C)C1CCCCC1.NC(=O)c1cnc(N)c(Cl)c1. The number of nitrogen functional groups attached to an aromatic ring is 1. The number of carbonyl (C=O) groups is 1. The van der Waals surface area contributed by atoms with E-state index in [1.165, 1.54) is 44.4 Å². The minimum atomic E-state index is -0.570. The normalized spacial score (nSPS) is 15.6. The smallest absolute Gasteiger partial charge is 0.250 e. The van der Waals surface area contributed by atoms with Gasteiger partial charge in [0.2, 0.25) is 5.91 Å². The van der Waals surface area contributed by atoms with Crippen LogP contribution in [0.1, 0.15) is 56.3 Å². The van der Waals surface area contributed by atoms with Crippen molar-refractivity contribution in [3.8, 4) is 0 Å². The van der Waals surface area contributed by atoms with Crippen molar-refractivity contribution in [2.75, 3.05) is 5.73 Å². The van der Waals surface area contributed by atoms with Gasteiger partial charge in [0, 0.05) is 6.20 Å². The summed E-state index contributed by atoms with van der Waals surface area (Å²) in [6.07, 6.45) is 8.74. The molecule has 1 aliphatic carbocycles. The number of nitrogens with zero attached hydrogens (tertiary/aromatic N) is 1. The summed E-state index contributed by atoms with van der Waals surface area (Å²) >= 11 is 5.56. The maximum absolute atomic E-state index is 10.5. The molecule has 0 unspecified atom stereocenters. The highest BCUT2D eigenvalue weighted by Gasteiger charge is 2.15. The van der Waals surface area contributed by atoms with Gasteiger partial charge in [-0.05, 0) is 17.9 Å². The number of rotatable bonds is 2. The Labute approximate surface area is 125 Å². The lowest BCUT2D eigenvalue weighted by atomic mass is 9.82. The summed E-state index contributed by atoms with van der Waals surface area (Å²) in [5.74, 6) is 1.61. The zero-order valence-electron chi connectivity index (χ0n) is 12.2. The van der Waals surface area contributed by atoms with Crippen LogP contribution in [0.15, 0.2) is 12.3 Å². The number of hydrogen-bond donors (Lipinski definition) is 2. The molecule has 2 rings (SSSR count). The van der Waals surface area contributed by atoms with Crippen LogP contribution in [0.5, 0.6) is 0 Å². The summed E-state index contributed by atoms with van der Waals surface area (Å²) in [7, 11) is 0. The van der Waals surface area contributed by atoms with Gasteiger partial charge in [0.05, 0.1) is 10.6 Å². The fraction of sp³-hybridized carbons (Fsp3) is 0.600. The van der Waals surface area contributed by atoms with Gasteiger partial charge in [-0.15, -0.1) is 0 Å². The van der Waals surface area contributed by atoms with Crippen molar-refractivity contribution in [3.05, 3.63) is 22.8 Å². The summed E-state index contributed by atoms with van der Waals surface area (Å²) < 4.78 is 0. The zero-order valence-corrected chi connectivity index (χ0v) is 13.0. The van der Waals surface area contributed by atoms with Crippen molar-refractivity contribution in [1.82, 2.24) is 4.98 Å². The monoisotopic (exact) mass is 297 g/mol. The summed E-state index contributed by atoms with van der Waals surface area (Å²) in [5.41, 5.74) is 10.5. The molecule has 0 aliphatic heterocycles. The average molecular weight is 298 g/mol. The van der Waals surface area contributed by atoms with E-state index in [-0.39, 0.29) is 16.4 Å². The van der Waals surface area contributed by atoms with Crippen LogP contribution in [0.3, 0.4) is 0 Å². The number of halogens is 1. The van der Waals surface area contributed by atoms with Crippen molar-refractivity contribution >= 4 is 23.3 Å². The maximum Gasteiger partial charge on any atom is 0.250 e. The molecule has 1 amide bonds. The molecule has 1 saturated carbocycles. The lowest BCUT2D eigenvalue weighted by molar-refractivity contribution is 0.1000. The molecule has 1 aliphatic rings. The Morgan fingerprint density at radius 3 is 2.35 bits per heavy atom. The van der Waals surface area contributed by atoms with Crippen LogP contribution in [0.4, 0.5) is 5.82 Å². The van der Waals surface area contributed by atoms with E-state index < -0.39 is 5.91 Å². The largest absolute Gasteiger partial charge is 0.382 e. The number of anilines is 1. The van der Waals surface area contributed by atoms with Crippen molar-refractivity contribution in [2.45, 2.75) is 46.0 Å². The Morgan fingerprint density at radius 1 is 1.35 bits per heavy atom. The first-order valence-electron chi connectivity index (χ1n) is 7.12. The van der Waals surface area contributed by atoms with Crippen LogP contribution in [0.2, 0.25) is 5.02 Å². The molecule has 0 aromatic carbocycles. The second kappa shape index (κ2) is 8.10. The van der Waals surface area contributed by atoms with Gasteiger partial charge in [-0.2, -0.15) is 0 Å². The Balaban J connectivity index is 0.000000204. The van der Waals surface area contributed by atoms with Gasteiger partial charge < -0.3 is 11.5 Å². The zero-order chi connectivity index (χ0) is 15.1. The van der Waals surface area contributed by atoms with Crippen LogP contribution < -0.4 is 11.5 Å². The predicted molar refractivity (Wildman–Crippen MR) is 83.6 cm³/mol. The number of primary amides is 1. The number of nitrogens with two attached hydrogens (primary N) is 2. The fourth-order valence-electron chi connectivity index (χ4n) is 2.38. The van der Waals surface area contributed by atoms with E-state index in [0.29, 0.717) is 0 Å². The molecule has 0 saturated heterocycles. The quantitative estimate of drug-likeness (QED) is 0.874. The van der Waals surface area contributed by atoms with Gasteiger partial charge in [-0.1, -0.05) is 57.6 Å². The summed E-state index contributed by atoms with van der Waals surface area (Å²) in [5, 5.41) is 0.237. The summed E-state index contributed by atoms with van der Waals surface area (Å²) in [6.45, 7) is 4.71. The molecule has 20 heavy (non-hydrogen) atoms. The Bertz CT molecular complexity index is 443. The fourth-order valence-corrected chi connectivity index (χ4v) is 2.55. The third-order valence-electron chi connectivity index (χ3n) is 3.75. The molecule has 1 fully saturated rings. The van der Waals surface area contributed by atoms with Crippen LogP contribution in [-0.4, -0.2) is 10.9 Å². The Kier molecular flexibility index (Phi) is 6.79. The number of amides is 1. The van der Waals surface area contributed by atoms with E-state index in [2.05, 4.69) is 18.8 Å². The molecule has 1 heterocycles. The molecule has 5 heteroatoms. The van der Waals surface area contributed by atoms with Gasteiger partial charge in [0.1, 0.15) is 5.82 Å². The topological polar surface area (TPSA) is 82.0 Å². The third kappa shape index (κ3) is 5.37. The van der Waals surface area contributed by atoms with Gasteiger partial charge in [-0.25, -0.2) is 4.98 Å². The standard InChI is InChI=1S/C9H18.C6H6ClN3O/c1-8(2)9-6-4-3-5-7-9;7-4-1-3(6(9)11)2-10-5(4)8/h8-9H,3-7H2,1-2H3;1-2H,(H2,8,10)(H2,9,11). The van der Waals surface area contributed by atoms with Crippen LogP contribution in [0, 0.1) is 11.8 Å². The summed E-state index contributed by atoms with van der Waals surface area (Å²) in [4.78, 5) is 14.2. The molecular weight excluding hydrogens is 274 g/mol. The van der Waals surface area contributed by atoms with E-state index in [4.69, 9.17) is 23.1 Å². The maximum atomic E-state index is 10.5. The highest BCUT2D eigenvalue weighted by Crippen LogP contribution is 2.29. The van der Waals surface area contributed by atoms with E-state index in [1.54, 1.807) is 0 Å². The van der Waals surface area contributed by atoms with Crippen molar-refractivity contribution in [3.63, 3.8) is 0 Å². The number of pyridine rings is 1. The van der Waals surface area contributed by atoms with E-state index in [1.807, 2.05) is 0 Å². The van der Waals surface area contributed by atoms with E-state index in [0.717, 1.165) is 11.8 Å². The lowest BCUT2D eigenvalue weighted by Gasteiger charge is -2.24. The third-order valence-corrected chi connectivity index (χ3v) is 4.05. The number of carbonyl (C=O) groups excluding carboxylic acids is 1.